The molecule has 0 unspecified atom stereocenters. The first kappa shape index (κ1) is 12.4. The highest BCUT2D eigenvalue weighted by Crippen LogP contribution is 2.19. The molecular formula is C18H18. The Morgan fingerprint density at radius 1 is 0.778 bits per heavy atom. The lowest BCUT2D eigenvalue weighted by Gasteiger charge is -2.01. The Hall–Kier alpha value is -2.08. The van der Waals surface area contributed by atoms with Crippen LogP contribution in [0.25, 0.3) is 17.2 Å². The maximum Gasteiger partial charge on any atom is -0.0166 e. The van der Waals surface area contributed by atoms with E-state index in [1.165, 1.54) is 16.7 Å². The molecule has 0 spiro atoms. The SMILES string of the molecule is CC=CCC=Cc1ccc(-c2ccccc2)cc1. The molecule has 0 saturated carbocycles. The Labute approximate surface area is 109 Å². The minimum absolute atomic E-state index is 0.997. The van der Waals surface area contributed by atoms with E-state index in [-0.39, 0.29) is 0 Å². The van der Waals surface area contributed by atoms with E-state index in [1.807, 2.05) is 13.0 Å². The van der Waals surface area contributed by atoms with E-state index in [4.69, 9.17) is 0 Å². The molecule has 2 aromatic carbocycles. The quantitative estimate of drug-likeness (QED) is 0.627. The molecule has 0 aliphatic heterocycles. The van der Waals surface area contributed by atoms with Crippen LogP contribution in [-0.2, 0) is 0 Å². The summed E-state index contributed by atoms with van der Waals surface area (Å²) in [6.07, 6.45) is 9.56. The van der Waals surface area contributed by atoms with Crippen molar-refractivity contribution in [1.82, 2.24) is 0 Å². The summed E-state index contributed by atoms with van der Waals surface area (Å²) in [7, 11) is 0. The lowest BCUT2D eigenvalue weighted by atomic mass is 10.0. The molecule has 90 valence electrons. The van der Waals surface area contributed by atoms with Crippen LogP contribution in [0, 0.1) is 0 Å². The van der Waals surface area contributed by atoms with Crippen LogP contribution >= 0.6 is 0 Å². The molecule has 0 fully saturated rings. The number of hydrogen-bond acceptors (Lipinski definition) is 0. The molecule has 0 heteroatoms. The van der Waals surface area contributed by atoms with Crippen molar-refractivity contribution >= 4 is 6.08 Å². The summed E-state index contributed by atoms with van der Waals surface area (Å²) >= 11 is 0. The zero-order chi connectivity index (χ0) is 12.6. The maximum absolute atomic E-state index is 2.18. The predicted molar refractivity (Wildman–Crippen MR) is 80.3 cm³/mol. The number of benzene rings is 2. The van der Waals surface area contributed by atoms with Gasteiger partial charge < -0.3 is 0 Å². The predicted octanol–water partition coefficient (Wildman–Crippen LogP) is 5.33. The van der Waals surface area contributed by atoms with Crippen molar-refractivity contribution in [2.75, 3.05) is 0 Å². The van der Waals surface area contributed by atoms with Gasteiger partial charge in [-0.3, -0.25) is 0 Å². The van der Waals surface area contributed by atoms with Gasteiger partial charge in [0, 0.05) is 0 Å². The van der Waals surface area contributed by atoms with Crippen LogP contribution in [0.1, 0.15) is 18.9 Å². The van der Waals surface area contributed by atoms with Crippen molar-refractivity contribution in [2.24, 2.45) is 0 Å². The Balaban J connectivity index is 2.08. The highest BCUT2D eigenvalue weighted by molar-refractivity contribution is 5.65. The fourth-order valence-corrected chi connectivity index (χ4v) is 1.84. The van der Waals surface area contributed by atoms with Crippen molar-refractivity contribution in [1.29, 1.82) is 0 Å². The maximum atomic E-state index is 2.18. The van der Waals surface area contributed by atoms with Crippen LogP contribution in [0.4, 0.5) is 0 Å². The molecule has 0 bridgehead atoms. The zero-order valence-electron chi connectivity index (χ0n) is 10.7. The lowest BCUT2D eigenvalue weighted by Crippen LogP contribution is -1.77. The first-order valence-corrected chi connectivity index (χ1v) is 6.33. The summed E-state index contributed by atoms with van der Waals surface area (Å²) < 4.78 is 0. The van der Waals surface area contributed by atoms with Crippen LogP contribution in [0.3, 0.4) is 0 Å². The van der Waals surface area contributed by atoms with E-state index < -0.39 is 0 Å². The molecule has 0 saturated heterocycles. The minimum atomic E-state index is 0.997. The van der Waals surface area contributed by atoms with Gasteiger partial charge in [0.1, 0.15) is 0 Å². The van der Waals surface area contributed by atoms with E-state index in [1.54, 1.807) is 0 Å². The van der Waals surface area contributed by atoms with E-state index in [2.05, 4.69) is 72.8 Å². The topological polar surface area (TPSA) is 0 Å². The van der Waals surface area contributed by atoms with Gasteiger partial charge in [-0.25, -0.2) is 0 Å². The summed E-state index contributed by atoms with van der Waals surface area (Å²) in [6, 6.07) is 19.1. The molecule has 2 rings (SSSR count). The summed E-state index contributed by atoms with van der Waals surface area (Å²) in [4.78, 5) is 0. The van der Waals surface area contributed by atoms with Crippen LogP contribution in [0.2, 0.25) is 0 Å². The van der Waals surface area contributed by atoms with Crippen molar-refractivity contribution in [3.05, 3.63) is 78.4 Å². The first-order valence-electron chi connectivity index (χ1n) is 6.33. The van der Waals surface area contributed by atoms with Gasteiger partial charge in [-0.2, -0.15) is 0 Å². The van der Waals surface area contributed by atoms with Gasteiger partial charge in [0.2, 0.25) is 0 Å². The number of rotatable bonds is 4. The molecular weight excluding hydrogens is 216 g/mol. The van der Waals surface area contributed by atoms with Gasteiger partial charge in [-0.15, -0.1) is 0 Å². The molecule has 18 heavy (non-hydrogen) atoms. The van der Waals surface area contributed by atoms with E-state index >= 15 is 0 Å². The molecule has 0 amide bonds. The van der Waals surface area contributed by atoms with Gasteiger partial charge in [-0.05, 0) is 30.0 Å². The highest BCUT2D eigenvalue weighted by atomic mass is 14.0. The monoisotopic (exact) mass is 234 g/mol. The number of hydrogen-bond donors (Lipinski definition) is 0. The Bertz CT molecular complexity index is 516. The molecule has 0 aliphatic carbocycles. The number of allylic oxidation sites excluding steroid dienone is 3. The van der Waals surface area contributed by atoms with Gasteiger partial charge >= 0.3 is 0 Å². The summed E-state index contributed by atoms with van der Waals surface area (Å²) in [6.45, 7) is 2.04. The second-order valence-corrected chi connectivity index (χ2v) is 4.20. The highest BCUT2D eigenvalue weighted by Gasteiger charge is 1.95. The third-order valence-electron chi connectivity index (χ3n) is 2.84. The van der Waals surface area contributed by atoms with Crippen LogP contribution < -0.4 is 0 Å². The Morgan fingerprint density at radius 3 is 2.11 bits per heavy atom. The molecule has 0 heterocycles. The minimum Gasteiger partial charge on any atom is -0.0914 e. The van der Waals surface area contributed by atoms with Gasteiger partial charge in [0.05, 0.1) is 0 Å². The van der Waals surface area contributed by atoms with Crippen molar-refractivity contribution in [2.45, 2.75) is 13.3 Å². The van der Waals surface area contributed by atoms with Crippen molar-refractivity contribution < 1.29 is 0 Å². The molecule has 0 N–H and O–H groups in total. The van der Waals surface area contributed by atoms with E-state index in [0.29, 0.717) is 0 Å². The second kappa shape index (κ2) is 6.61. The molecule has 0 aromatic heterocycles. The van der Waals surface area contributed by atoms with Crippen molar-refractivity contribution in [3.8, 4) is 11.1 Å². The first-order chi connectivity index (χ1) is 8.90. The largest absolute Gasteiger partial charge is 0.0914 e. The molecule has 0 radical (unpaired) electrons. The van der Waals surface area contributed by atoms with Gasteiger partial charge in [0.25, 0.3) is 0 Å². The molecule has 0 nitrogen and oxygen atoms in total. The third-order valence-corrected chi connectivity index (χ3v) is 2.84. The third kappa shape index (κ3) is 3.46. The summed E-state index contributed by atoms with van der Waals surface area (Å²) in [5, 5.41) is 0. The fraction of sp³-hybridized carbons (Fsp3) is 0.111. The zero-order valence-corrected chi connectivity index (χ0v) is 10.7. The Morgan fingerprint density at radius 2 is 1.44 bits per heavy atom. The Kier molecular flexibility index (Phi) is 4.54. The fourth-order valence-electron chi connectivity index (χ4n) is 1.84. The second-order valence-electron chi connectivity index (χ2n) is 4.20. The van der Waals surface area contributed by atoms with Crippen LogP contribution in [-0.4, -0.2) is 0 Å². The van der Waals surface area contributed by atoms with E-state index in [0.717, 1.165) is 6.42 Å². The van der Waals surface area contributed by atoms with Crippen LogP contribution in [0.5, 0.6) is 0 Å². The molecule has 2 aromatic rings. The smallest absolute Gasteiger partial charge is 0.0166 e. The van der Waals surface area contributed by atoms with Crippen LogP contribution in [0.15, 0.2) is 72.8 Å². The molecule has 0 aliphatic rings. The standard InChI is InChI=1S/C18H18/c1-2-3-4-6-9-16-12-14-18(15-13-16)17-10-7-5-8-11-17/h2-3,5-15H,4H2,1H3. The van der Waals surface area contributed by atoms with E-state index in [9.17, 15) is 0 Å². The molecule has 0 atom stereocenters. The summed E-state index contributed by atoms with van der Waals surface area (Å²) in [5.74, 6) is 0. The van der Waals surface area contributed by atoms with Gasteiger partial charge in [-0.1, -0.05) is 78.9 Å². The van der Waals surface area contributed by atoms with Crippen molar-refractivity contribution in [3.63, 3.8) is 0 Å². The average molecular weight is 234 g/mol. The normalized spacial score (nSPS) is 11.4. The summed E-state index contributed by atoms with van der Waals surface area (Å²) in [5.41, 5.74) is 3.78. The lowest BCUT2D eigenvalue weighted by molar-refractivity contribution is 1.39. The average Bonchev–Trinajstić information content (AvgIpc) is 2.45. The van der Waals surface area contributed by atoms with Gasteiger partial charge in [0.15, 0.2) is 0 Å².